The Kier molecular flexibility index (Phi) is 3.78. The molecule has 122 valence electrons. The van der Waals surface area contributed by atoms with Crippen molar-refractivity contribution in [1.82, 2.24) is 10.2 Å². The van der Waals surface area contributed by atoms with E-state index < -0.39 is 5.95 Å². The number of rotatable bonds is 5. The first kappa shape index (κ1) is 14.9. The van der Waals surface area contributed by atoms with E-state index in [1.165, 1.54) is 16.0 Å². The van der Waals surface area contributed by atoms with Crippen molar-refractivity contribution in [2.75, 3.05) is 0 Å². The first-order valence-corrected chi connectivity index (χ1v) is 8.60. The number of thiophene rings is 1. The van der Waals surface area contributed by atoms with Gasteiger partial charge in [0.15, 0.2) is 5.95 Å². The van der Waals surface area contributed by atoms with Gasteiger partial charge in [-0.15, -0.1) is 11.3 Å². The zero-order valence-electron chi connectivity index (χ0n) is 12.8. The van der Waals surface area contributed by atoms with E-state index in [0.29, 0.717) is 10.6 Å². The van der Waals surface area contributed by atoms with Gasteiger partial charge in [-0.25, -0.2) is 0 Å². The number of aromatic nitrogens is 2. The topological polar surface area (TPSA) is 73.3 Å². The highest BCUT2D eigenvalue weighted by molar-refractivity contribution is 7.12. The van der Waals surface area contributed by atoms with Crippen molar-refractivity contribution >= 4 is 17.2 Å². The molecule has 0 unspecified atom stereocenters. The summed E-state index contributed by atoms with van der Waals surface area (Å²) in [6, 6.07) is 13.1. The van der Waals surface area contributed by atoms with E-state index >= 15 is 0 Å². The smallest absolute Gasteiger partial charge is 0.264 e. The Labute approximate surface area is 142 Å². The van der Waals surface area contributed by atoms with E-state index in [9.17, 15) is 9.90 Å². The molecule has 7 heteroatoms. The lowest BCUT2D eigenvalue weighted by atomic mass is 10.3. The molecular formula is C17H15N3O3S. The molecule has 3 aromatic rings. The molecule has 0 spiro atoms. The summed E-state index contributed by atoms with van der Waals surface area (Å²) in [4.78, 5) is 15.2. The second-order valence-corrected chi connectivity index (χ2v) is 6.64. The third-order valence-electron chi connectivity index (χ3n) is 4.00. The predicted octanol–water partition coefficient (Wildman–Crippen LogP) is 1.89. The van der Waals surface area contributed by atoms with E-state index in [0.717, 1.165) is 18.5 Å². The summed E-state index contributed by atoms with van der Waals surface area (Å²) >= 11 is 1.41. The Bertz CT molecular complexity index is 841. The van der Waals surface area contributed by atoms with Crippen LogP contribution < -0.4 is 9.79 Å². The van der Waals surface area contributed by atoms with Crippen LogP contribution in [0.4, 0.5) is 0 Å². The quantitative estimate of drug-likeness (QED) is 0.664. The molecule has 2 aromatic heterocycles. The Morgan fingerprint density at radius 1 is 1.29 bits per heavy atom. The van der Waals surface area contributed by atoms with Crippen LogP contribution >= 0.6 is 11.3 Å². The van der Waals surface area contributed by atoms with Crippen LogP contribution in [0.25, 0.3) is 5.69 Å². The molecule has 6 nitrogen and oxygen atoms in total. The van der Waals surface area contributed by atoms with Crippen LogP contribution in [0.15, 0.2) is 52.4 Å². The maximum Gasteiger partial charge on any atom is 0.264 e. The standard InChI is InChI=1S/C17H15N3O3S/c21-16(15-7-4-10-24-15)19(12-8-9-12)11-14-17(22)23-18-20(14)13-5-2-1-3-6-13/h1-7,10,12H,8-9,11H2. The number of hydrogen-bond acceptors (Lipinski definition) is 5. The molecule has 1 saturated carbocycles. The fourth-order valence-electron chi connectivity index (χ4n) is 2.63. The molecule has 0 N–H and O–H groups in total. The van der Waals surface area contributed by atoms with Crippen molar-refractivity contribution < 1.29 is 19.1 Å². The first-order chi connectivity index (χ1) is 11.7. The van der Waals surface area contributed by atoms with Gasteiger partial charge >= 0.3 is 0 Å². The van der Waals surface area contributed by atoms with E-state index in [2.05, 4.69) is 5.27 Å². The minimum Gasteiger partial charge on any atom is -0.539 e. The lowest BCUT2D eigenvalue weighted by Gasteiger charge is -2.19. The number of nitrogens with zero attached hydrogens (tertiary/aromatic N) is 3. The van der Waals surface area contributed by atoms with Crippen molar-refractivity contribution in [1.29, 1.82) is 0 Å². The molecule has 0 saturated heterocycles. The predicted molar refractivity (Wildman–Crippen MR) is 84.7 cm³/mol. The van der Waals surface area contributed by atoms with Crippen LogP contribution in [-0.2, 0) is 6.54 Å². The molecule has 0 radical (unpaired) electrons. The van der Waals surface area contributed by atoms with Crippen LogP contribution in [0, 0.1) is 0 Å². The summed E-state index contributed by atoms with van der Waals surface area (Å²) < 4.78 is 6.32. The summed E-state index contributed by atoms with van der Waals surface area (Å²) in [5, 5.41) is 17.8. The maximum absolute atomic E-state index is 12.7. The number of hydrogen-bond donors (Lipinski definition) is 0. The first-order valence-electron chi connectivity index (χ1n) is 7.72. The Balaban J connectivity index is 1.66. The highest BCUT2D eigenvalue weighted by Crippen LogP contribution is 2.31. The summed E-state index contributed by atoms with van der Waals surface area (Å²) in [5.41, 5.74) is 1.09. The normalized spacial score (nSPS) is 13.8. The Morgan fingerprint density at radius 3 is 2.75 bits per heavy atom. The Morgan fingerprint density at radius 2 is 2.08 bits per heavy atom. The van der Waals surface area contributed by atoms with Crippen molar-refractivity contribution in [3.05, 3.63) is 58.4 Å². The van der Waals surface area contributed by atoms with Crippen LogP contribution in [-0.4, -0.2) is 22.1 Å². The average Bonchev–Trinajstić information content (AvgIpc) is 3.17. The highest BCUT2D eigenvalue weighted by atomic mass is 32.1. The van der Waals surface area contributed by atoms with Gasteiger partial charge in [0.1, 0.15) is 6.54 Å². The summed E-state index contributed by atoms with van der Waals surface area (Å²) in [6.45, 7) is 0.193. The third kappa shape index (κ3) is 2.78. The van der Waals surface area contributed by atoms with Gasteiger partial charge in [0, 0.05) is 18.2 Å². The fraction of sp³-hybridized carbons (Fsp3) is 0.235. The van der Waals surface area contributed by atoms with Crippen LogP contribution in [0.1, 0.15) is 28.2 Å². The van der Waals surface area contributed by atoms with Gasteiger partial charge in [-0.3, -0.25) is 4.79 Å². The zero-order valence-corrected chi connectivity index (χ0v) is 13.6. The van der Waals surface area contributed by atoms with E-state index in [4.69, 9.17) is 4.52 Å². The molecule has 0 atom stereocenters. The number of benzene rings is 1. The van der Waals surface area contributed by atoms with Crippen LogP contribution in [0.2, 0.25) is 0 Å². The molecule has 1 fully saturated rings. The number of amides is 1. The van der Waals surface area contributed by atoms with E-state index in [1.807, 2.05) is 41.8 Å². The second-order valence-electron chi connectivity index (χ2n) is 5.70. The fourth-order valence-corrected chi connectivity index (χ4v) is 3.31. The SMILES string of the molecule is O=C(c1cccs1)N(Cc1c([O-])on[n+]1-c1ccccc1)C1CC1. The summed E-state index contributed by atoms with van der Waals surface area (Å²) in [7, 11) is 0. The minimum absolute atomic E-state index is 0.0484. The molecule has 2 heterocycles. The zero-order chi connectivity index (χ0) is 16.5. The van der Waals surface area contributed by atoms with Gasteiger partial charge in [-0.1, -0.05) is 24.3 Å². The molecule has 0 bridgehead atoms. The van der Waals surface area contributed by atoms with Gasteiger partial charge in [-0.05, 0) is 29.0 Å². The second kappa shape index (κ2) is 6.09. The number of carbonyl (C=O) groups is 1. The number of carbonyl (C=O) groups excluding carboxylic acids is 1. The van der Waals surface area contributed by atoms with Crippen LogP contribution in [0.3, 0.4) is 0 Å². The Hall–Kier alpha value is -2.67. The molecule has 1 amide bonds. The largest absolute Gasteiger partial charge is 0.539 e. The molecular weight excluding hydrogens is 326 g/mol. The molecule has 0 aliphatic heterocycles. The van der Waals surface area contributed by atoms with Crippen molar-refractivity contribution in [2.45, 2.75) is 25.4 Å². The van der Waals surface area contributed by atoms with Gasteiger partial charge in [-0.2, -0.15) is 0 Å². The molecule has 1 aliphatic carbocycles. The lowest BCUT2D eigenvalue weighted by Crippen LogP contribution is -2.42. The molecule has 4 rings (SSSR count). The minimum atomic E-state index is -0.511. The monoisotopic (exact) mass is 341 g/mol. The third-order valence-corrected chi connectivity index (χ3v) is 4.86. The molecule has 1 aromatic carbocycles. The van der Waals surface area contributed by atoms with Crippen LogP contribution in [0.5, 0.6) is 5.95 Å². The van der Waals surface area contributed by atoms with Crippen molar-refractivity contribution in [3.63, 3.8) is 0 Å². The molecule has 24 heavy (non-hydrogen) atoms. The van der Waals surface area contributed by atoms with Gasteiger partial charge in [0.05, 0.1) is 10.1 Å². The summed E-state index contributed by atoms with van der Waals surface area (Å²) in [5.74, 6) is -0.559. The lowest BCUT2D eigenvalue weighted by molar-refractivity contribution is -0.678. The van der Waals surface area contributed by atoms with E-state index in [1.54, 1.807) is 11.0 Å². The van der Waals surface area contributed by atoms with Gasteiger partial charge < -0.3 is 14.5 Å². The maximum atomic E-state index is 12.7. The summed E-state index contributed by atoms with van der Waals surface area (Å²) in [6.07, 6.45) is 1.92. The van der Waals surface area contributed by atoms with Gasteiger partial charge in [0.25, 0.3) is 11.6 Å². The van der Waals surface area contributed by atoms with E-state index in [-0.39, 0.29) is 18.5 Å². The van der Waals surface area contributed by atoms with Crippen molar-refractivity contribution in [2.24, 2.45) is 0 Å². The molecule has 1 aliphatic rings. The van der Waals surface area contributed by atoms with Crippen molar-refractivity contribution in [3.8, 4) is 11.6 Å². The average molecular weight is 341 g/mol. The highest BCUT2D eigenvalue weighted by Gasteiger charge is 2.36. The number of para-hydroxylation sites is 1. The van der Waals surface area contributed by atoms with Gasteiger partial charge in [0.2, 0.25) is 5.69 Å².